The molecule has 0 bridgehead atoms. The second kappa shape index (κ2) is 6.08. The van der Waals surface area contributed by atoms with Gasteiger partial charge in [-0.1, -0.05) is 6.07 Å². The van der Waals surface area contributed by atoms with E-state index in [4.69, 9.17) is 11.6 Å². The van der Waals surface area contributed by atoms with Crippen molar-refractivity contribution >= 4 is 32.5 Å². The lowest BCUT2D eigenvalue weighted by Gasteiger charge is -2.16. The van der Waals surface area contributed by atoms with Crippen molar-refractivity contribution in [3.63, 3.8) is 0 Å². The van der Waals surface area contributed by atoms with E-state index in [2.05, 4.69) is 9.71 Å². The van der Waals surface area contributed by atoms with E-state index >= 15 is 0 Å². The van der Waals surface area contributed by atoms with Crippen molar-refractivity contribution in [3.05, 3.63) is 36.5 Å². The van der Waals surface area contributed by atoms with Crippen LogP contribution < -0.4 is 4.72 Å². The molecule has 4 nitrogen and oxygen atoms in total. The zero-order valence-corrected chi connectivity index (χ0v) is 12.9. The number of nitrogens with zero attached hydrogens (tertiary/aromatic N) is 1. The van der Waals surface area contributed by atoms with Crippen LogP contribution in [0.2, 0.25) is 0 Å². The summed E-state index contributed by atoms with van der Waals surface area (Å²) in [7, 11) is -3.58. The smallest absolute Gasteiger partial charge is 0.241 e. The molecule has 2 rings (SSSR count). The molecule has 0 spiro atoms. The molecule has 2 aromatic rings. The Bertz CT molecular complexity index is 696. The molecular formula is C14H17ClN2O2S. The fraction of sp³-hybridized carbons (Fsp3) is 0.357. The summed E-state index contributed by atoms with van der Waals surface area (Å²) >= 11 is 5.90. The highest BCUT2D eigenvalue weighted by atomic mass is 35.5. The van der Waals surface area contributed by atoms with Gasteiger partial charge in [-0.25, -0.2) is 13.1 Å². The van der Waals surface area contributed by atoms with Gasteiger partial charge in [0.2, 0.25) is 10.0 Å². The van der Waals surface area contributed by atoms with E-state index in [1.165, 1.54) is 0 Å². The molecule has 2 atom stereocenters. The molecule has 1 N–H and O–H groups in total. The van der Waals surface area contributed by atoms with Crippen LogP contribution in [0.3, 0.4) is 0 Å². The van der Waals surface area contributed by atoms with Crippen molar-refractivity contribution in [2.24, 2.45) is 0 Å². The van der Waals surface area contributed by atoms with Crippen LogP contribution in [0.15, 0.2) is 41.4 Å². The average molecular weight is 313 g/mol. The zero-order valence-electron chi connectivity index (χ0n) is 11.4. The predicted octanol–water partition coefficient (Wildman–Crippen LogP) is 2.92. The maximum absolute atomic E-state index is 12.5. The maximum atomic E-state index is 12.5. The number of aromatic nitrogens is 1. The number of alkyl halides is 1. The first-order valence-corrected chi connectivity index (χ1v) is 8.32. The summed E-state index contributed by atoms with van der Waals surface area (Å²) in [5, 5.41) is 0.538. The number of hydrogen-bond acceptors (Lipinski definition) is 3. The van der Waals surface area contributed by atoms with E-state index < -0.39 is 10.0 Å². The van der Waals surface area contributed by atoms with Gasteiger partial charge in [-0.2, -0.15) is 0 Å². The fourth-order valence-electron chi connectivity index (χ4n) is 2.17. The number of nitrogens with one attached hydrogen (secondary N) is 1. The van der Waals surface area contributed by atoms with Gasteiger partial charge in [0.05, 0.1) is 10.4 Å². The average Bonchev–Trinajstić information content (AvgIpc) is 2.36. The van der Waals surface area contributed by atoms with Gasteiger partial charge in [0.1, 0.15) is 0 Å². The Kier molecular flexibility index (Phi) is 4.62. The number of benzene rings is 1. The second-order valence-corrected chi connectivity index (χ2v) is 7.29. The molecule has 20 heavy (non-hydrogen) atoms. The topological polar surface area (TPSA) is 59.1 Å². The first-order valence-electron chi connectivity index (χ1n) is 6.40. The number of hydrogen-bond donors (Lipinski definition) is 1. The molecule has 0 saturated heterocycles. The Hall–Kier alpha value is -1.17. The normalized spacial score (nSPS) is 15.2. The second-order valence-electron chi connectivity index (χ2n) is 4.87. The van der Waals surface area contributed by atoms with Crippen LogP contribution in [-0.4, -0.2) is 24.8 Å². The molecular weight excluding hydrogens is 296 g/mol. The van der Waals surface area contributed by atoms with Gasteiger partial charge in [0.25, 0.3) is 0 Å². The summed E-state index contributed by atoms with van der Waals surface area (Å²) < 4.78 is 27.6. The number of fused-ring (bicyclic) bond motifs is 1. The number of sulfonamides is 1. The van der Waals surface area contributed by atoms with E-state index in [0.717, 1.165) is 0 Å². The zero-order chi connectivity index (χ0) is 14.8. The maximum Gasteiger partial charge on any atom is 0.241 e. The lowest BCUT2D eigenvalue weighted by Crippen LogP contribution is -2.34. The van der Waals surface area contributed by atoms with Gasteiger partial charge in [-0.15, -0.1) is 11.6 Å². The molecule has 0 saturated carbocycles. The Morgan fingerprint density at radius 1 is 1.25 bits per heavy atom. The molecule has 0 amide bonds. The number of pyridine rings is 1. The molecule has 2 unspecified atom stereocenters. The van der Waals surface area contributed by atoms with Crippen molar-refractivity contribution in [1.29, 1.82) is 0 Å². The van der Waals surface area contributed by atoms with Crippen LogP contribution in [-0.2, 0) is 10.0 Å². The summed E-state index contributed by atoms with van der Waals surface area (Å²) in [6.45, 7) is 3.65. The molecule has 0 aliphatic carbocycles. The van der Waals surface area contributed by atoms with Gasteiger partial charge >= 0.3 is 0 Å². The summed E-state index contributed by atoms with van der Waals surface area (Å²) in [5.41, 5.74) is 0.661. The third-order valence-electron chi connectivity index (χ3n) is 2.93. The SMILES string of the molecule is CC(Cl)CC(C)NS(=O)(=O)c1cccc2ncccc12. The third-order valence-corrected chi connectivity index (χ3v) is 4.76. The van der Waals surface area contributed by atoms with Crippen molar-refractivity contribution in [2.45, 2.75) is 36.6 Å². The molecule has 0 aliphatic heterocycles. The lowest BCUT2D eigenvalue weighted by molar-refractivity contribution is 0.546. The molecule has 1 aromatic carbocycles. The quantitative estimate of drug-likeness (QED) is 0.864. The lowest BCUT2D eigenvalue weighted by atomic mass is 10.2. The third kappa shape index (κ3) is 3.48. The number of rotatable bonds is 5. The molecule has 108 valence electrons. The van der Waals surface area contributed by atoms with Crippen LogP contribution in [0.25, 0.3) is 10.9 Å². The van der Waals surface area contributed by atoms with Gasteiger partial charge in [-0.3, -0.25) is 4.98 Å². The first kappa shape index (κ1) is 15.2. The minimum atomic E-state index is -3.58. The molecule has 0 fully saturated rings. The standard InChI is InChI=1S/C14H17ClN2O2S/c1-10(15)9-11(2)17-20(18,19)14-7-3-6-13-12(14)5-4-8-16-13/h3-8,10-11,17H,9H2,1-2H3. The molecule has 1 aromatic heterocycles. The Morgan fingerprint density at radius 2 is 2.00 bits per heavy atom. The Morgan fingerprint density at radius 3 is 2.70 bits per heavy atom. The van der Waals surface area contributed by atoms with E-state index in [0.29, 0.717) is 17.3 Å². The van der Waals surface area contributed by atoms with Crippen LogP contribution in [0, 0.1) is 0 Å². The van der Waals surface area contributed by atoms with Crippen molar-refractivity contribution < 1.29 is 8.42 Å². The largest absolute Gasteiger partial charge is 0.256 e. The van der Waals surface area contributed by atoms with Gasteiger partial charge in [0, 0.05) is 23.0 Å². The Labute approximate surface area is 124 Å². The Balaban J connectivity index is 2.37. The fourth-order valence-corrected chi connectivity index (χ4v) is 3.91. The highest BCUT2D eigenvalue weighted by molar-refractivity contribution is 7.89. The van der Waals surface area contributed by atoms with E-state index in [9.17, 15) is 8.42 Å². The highest BCUT2D eigenvalue weighted by Crippen LogP contribution is 2.21. The molecule has 0 radical (unpaired) electrons. The van der Waals surface area contributed by atoms with Crippen LogP contribution in [0.1, 0.15) is 20.3 Å². The summed E-state index contributed by atoms with van der Waals surface area (Å²) in [5.74, 6) is 0. The number of halogens is 1. The first-order chi connectivity index (χ1) is 9.40. The summed E-state index contributed by atoms with van der Waals surface area (Å²) in [4.78, 5) is 4.42. The van der Waals surface area contributed by atoms with Crippen molar-refractivity contribution in [1.82, 2.24) is 9.71 Å². The minimum Gasteiger partial charge on any atom is -0.256 e. The van der Waals surface area contributed by atoms with Crippen LogP contribution >= 0.6 is 11.6 Å². The monoisotopic (exact) mass is 312 g/mol. The molecule has 1 heterocycles. The van der Waals surface area contributed by atoms with E-state index in [1.807, 2.05) is 6.92 Å². The van der Waals surface area contributed by atoms with E-state index in [-0.39, 0.29) is 16.3 Å². The van der Waals surface area contributed by atoms with Gasteiger partial charge in [0.15, 0.2) is 0 Å². The van der Waals surface area contributed by atoms with E-state index in [1.54, 1.807) is 43.5 Å². The predicted molar refractivity (Wildman–Crippen MR) is 81.5 cm³/mol. The molecule has 0 aliphatic rings. The van der Waals surface area contributed by atoms with Crippen LogP contribution in [0.5, 0.6) is 0 Å². The van der Waals surface area contributed by atoms with Crippen molar-refractivity contribution in [2.75, 3.05) is 0 Å². The summed E-state index contributed by atoms with van der Waals surface area (Å²) in [6.07, 6.45) is 2.22. The van der Waals surface area contributed by atoms with Crippen LogP contribution in [0.4, 0.5) is 0 Å². The minimum absolute atomic E-state index is 0.0816. The summed E-state index contributed by atoms with van der Waals surface area (Å²) in [6, 6.07) is 8.33. The van der Waals surface area contributed by atoms with Crippen molar-refractivity contribution in [3.8, 4) is 0 Å². The van der Waals surface area contributed by atoms with Gasteiger partial charge in [-0.05, 0) is 44.5 Å². The molecule has 6 heteroatoms. The van der Waals surface area contributed by atoms with Gasteiger partial charge < -0.3 is 0 Å². The highest BCUT2D eigenvalue weighted by Gasteiger charge is 2.20.